The van der Waals surface area contributed by atoms with E-state index in [0.29, 0.717) is 11.8 Å². The Morgan fingerprint density at radius 1 is 0.444 bits per heavy atom. The first-order valence-corrected chi connectivity index (χ1v) is 18.3. The lowest BCUT2D eigenvalue weighted by atomic mass is 10.1. The van der Waals surface area contributed by atoms with Crippen molar-refractivity contribution in [3.05, 3.63) is 41.5 Å². The van der Waals surface area contributed by atoms with Gasteiger partial charge in [-0.3, -0.25) is 47.9 Å². The molecule has 0 unspecified atom stereocenters. The van der Waals surface area contributed by atoms with Crippen LogP contribution in [0.15, 0.2) is 30.3 Å². The highest BCUT2D eigenvalue weighted by atomic mass is 16.7. The van der Waals surface area contributed by atoms with Crippen molar-refractivity contribution in [2.45, 2.75) is 41.5 Å². The third-order valence-corrected chi connectivity index (χ3v) is 7.30. The van der Waals surface area contributed by atoms with Crippen LogP contribution in [0.25, 0.3) is 0 Å². The van der Waals surface area contributed by atoms with Crippen LogP contribution in [-0.2, 0) is 85.8 Å². The van der Waals surface area contributed by atoms with Crippen LogP contribution in [-0.4, -0.2) is 133 Å². The summed E-state index contributed by atoms with van der Waals surface area (Å²) in [7, 11) is 0. The summed E-state index contributed by atoms with van der Waals surface area (Å²) in [6, 6.07) is 7.08. The van der Waals surface area contributed by atoms with Gasteiger partial charge in [0.2, 0.25) is 34.0 Å². The first kappa shape index (κ1) is 51.5. The van der Waals surface area contributed by atoms with E-state index in [4.69, 9.17) is 37.9 Å². The maximum atomic E-state index is 12.9. The van der Waals surface area contributed by atoms with Crippen molar-refractivity contribution >= 4 is 71.4 Å². The molecular weight excluding hydrogens is 848 g/mol. The van der Waals surface area contributed by atoms with Crippen molar-refractivity contribution in [1.82, 2.24) is 0 Å². The molecule has 24 heteroatoms. The van der Waals surface area contributed by atoms with Gasteiger partial charge in [-0.15, -0.1) is 0 Å². The molecule has 63 heavy (non-hydrogen) atoms. The molecule has 0 N–H and O–H groups in total. The fraction of sp³-hybridized carbons (Fsp3) is 0.436. The normalized spacial score (nSPS) is 10.1. The van der Waals surface area contributed by atoms with Crippen LogP contribution in [0, 0.1) is 6.92 Å². The monoisotopic (exact) mass is 894 g/mol. The number of aryl methyl sites for hydroxylation is 1. The number of ether oxygens (including phenoxy) is 12. The summed E-state index contributed by atoms with van der Waals surface area (Å²) in [4.78, 5) is 122. The van der Waals surface area contributed by atoms with Gasteiger partial charge in [0.15, 0.2) is 6.29 Å². The average Bonchev–Trinajstić information content (AvgIpc) is 3.18. The molecule has 0 heterocycles. The van der Waals surface area contributed by atoms with E-state index in [1.165, 1.54) is 23.1 Å². The Morgan fingerprint density at radius 2 is 0.810 bits per heavy atom. The van der Waals surface area contributed by atoms with Crippen molar-refractivity contribution in [2.24, 2.45) is 0 Å². The first-order valence-electron chi connectivity index (χ1n) is 18.3. The van der Waals surface area contributed by atoms with E-state index in [-0.39, 0.29) is 47.4 Å². The zero-order chi connectivity index (χ0) is 46.9. The van der Waals surface area contributed by atoms with E-state index < -0.39 is 114 Å². The minimum Gasteiger partial charge on any atom is -0.488 e. The molecule has 2 rings (SSSR count). The van der Waals surface area contributed by atoms with Crippen LogP contribution in [0.4, 0.5) is 11.4 Å². The summed E-state index contributed by atoms with van der Waals surface area (Å²) in [6.07, 6.45) is 0.378. The molecule has 0 spiro atoms. The van der Waals surface area contributed by atoms with E-state index >= 15 is 0 Å². The van der Waals surface area contributed by atoms with Crippen LogP contribution < -0.4 is 24.0 Å². The summed E-state index contributed by atoms with van der Waals surface area (Å²) in [5.74, 6) is -7.80. The summed E-state index contributed by atoms with van der Waals surface area (Å²) in [5, 5.41) is 0. The van der Waals surface area contributed by atoms with Crippen LogP contribution in [0.2, 0.25) is 0 Å². The van der Waals surface area contributed by atoms with E-state index in [9.17, 15) is 47.9 Å². The molecule has 0 radical (unpaired) electrons. The molecule has 0 bridgehead atoms. The maximum Gasteiger partial charge on any atom is 0.328 e. The Kier molecular flexibility index (Phi) is 22.3. The fourth-order valence-electron chi connectivity index (χ4n) is 4.59. The predicted molar refractivity (Wildman–Crippen MR) is 207 cm³/mol. The second-order valence-corrected chi connectivity index (χ2v) is 12.3. The number of aldehydes is 1. The Hall–Kier alpha value is -7.66. The third-order valence-electron chi connectivity index (χ3n) is 7.30. The smallest absolute Gasteiger partial charge is 0.328 e. The number of nitrogens with zero attached hydrogens (tertiary/aromatic N) is 2. The molecule has 0 aliphatic heterocycles. The number of esters is 9. The van der Waals surface area contributed by atoms with Crippen molar-refractivity contribution in [1.29, 1.82) is 0 Å². The quantitative estimate of drug-likeness (QED) is 0.0398. The Balaban J connectivity index is 2.50. The lowest BCUT2D eigenvalue weighted by Gasteiger charge is -2.27. The van der Waals surface area contributed by atoms with Gasteiger partial charge < -0.3 is 66.6 Å². The van der Waals surface area contributed by atoms with Gasteiger partial charge in [0.05, 0.1) is 16.9 Å². The van der Waals surface area contributed by atoms with Gasteiger partial charge in [-0.05, 0) is 30.7 Å². The highest BCUT2D eigenvalue weighted by molar-refractivity contribution is 5.87. The zero-order valence-electron chi connectivity index (χ0n) is 35.1. The molecule has 0 aliphatic rings. The van der Waals surface area contributed by atoms with Gasteiger partial charge in [0, 0.05) is 40.7 Å². The fourth-order valence-corrected chi connectivity index (χ4v) is 4.59. The van der Waals surface area contributed by atoms with Gasteiger partial charge >= 0.3 is 53.7 Å². The molecule has 0 aromatic heterocycles. The summed E-state index contributed by atoms with van der Waals surface area (Å²) in [5.41, 5.74) is 0.589. The molecule has 24 nitrogen and oxygen atoms in total. The molecule has 2 aromatic rings. The lowest BCUT2D eigenvalue weighted by molar-refractivity contribution is -0.167. The molecule has 2 aromatic carbocycles. The van der Waals surface area contributed by atoms with Gasteiger partial charge in [-0.2, -0.15) is 0 Å². The van der Waals surface area contributed by atoms with E-state index in [2.05, 4.69) is 18.9 Å². The van der Waals surface area contributed by atoms with Crippen LogP contribution in [0.5, 0.6) is 17.2 Å². The number of anilines is 2. The third kappa shape index (κ3) is 20.9. The maximum absolute atomic E-state index is 12.9. The molecule has 0 saturated heterocycles. The van der Waals surface area contributed by atoms with Crippen molar-refractivity contribution in [3.63, 3.8) is 0 Å². The van der Waals surface area contributed by atoms with Crippen molar-refractivity contribution in [3.8, 4) is 17.2 Å². The number of carbonyl (C=O) groups excluding carboxylic acids is 10. The average molecular weight is 895 g/mol. The van der Waals surface area contributed by atoms with Crippen LogP contribution in [0.3, 0.4) is 0 Å². The van der Waals surface area contributed by atoms with Gasteiger partial charge in [-0.1, -0.05) is 6.07 Å². The molecule has 0 atom stereocenters. The van der Waals surface area contributed by atoms with Gasteiger partial charge in [-0.25, -0.2) is 0 Å². The lowest BCUT2D eigenvalue weighted by Crippen LogP contribution is -2.37. The van der Waals surface area contributed by atoms with Gasteiger partial charge in [0.1, 0.15) is 56.6 Å². The SMILES string of the molecule is CC(=O)OCOC(=O)CN(CC(=O)OCOC(C)=O)c1ccc(C)cc1OCCOc1cc(C=O)c(OCOC(C)=O)cc1N(CC(=O)OCOC(C)=O)CC(=O)OCOC(C)=O. The second kappa shape index (κ2) is 27.2. The largest absolute Gasteiger partial charge is 0.488 e. The van der Waals surface area contributed by atoms with Crippen LogP contribution >= 0.6 is 0 Å². The summed E-state index contributed by atoms with van der Waals surface area (Å²) >= 11 is 0. The molecule has 0 saturated carbocycles. The highest BCUT2D eigenvalue weighted by Crippen LogP contribution is 2.36. The summed E-state index contributed by atoms with van der Waals surface area (Å²) < 4.78 is 60.7. The second-order valence-electron chi connectivity index (χ2n) is 12.3. The summed E-state index contributed by atoms with van der Waals surface area (Å²) in [6.45, 7) is 0.307. The van der Waals surface area contributed by atoms with Crippen LogP contribution in [0.1, 0.15) is 50.5 Å². The molecule has 0 fully saturated rings. The molecule has 0 amide bonds. The number of rotatable bonds is 27. The Bertz CT molecular complexity index is 1900. The standard InChI is InChI=1S/C39H46N2O22/c1-24-7-8-31(40(14-36(48)60-20-55-26(3)44)15-37(49)61-21-56-27(4)45)34(11-24)52-9-10-53-35-12-30(18-42)33(59-19-54-25(2)43)13-32(35)41(16-38(50)62-22-57-28(5)46)17-39(51)63-23-58-29(6)47/h7-8,11-13,18H,9-10,14-17,19-23H2,1-6H3. The molecule has 344 valence electrons. The number of hydrogen-bond acceptors (Lipinski definition) is 24. The molecular formula is C39H46N2O22. The van der Waals surface area contributed by atoms with Gasteiger partial charge in [0.25, 0.3) is 0 Å². The minimum absolute atomic E-state index is 0.103. The highest BCUT2D eigenvalue weighted by Gasteiger charge is 2.25. The number of benzene rings is 2. The van der Waals surface area contributed by atoms with Crippen molar-refractivity contribution in [2.75, 3.05) is 83.2 Å². The van der Waals surface area contributed by atoms with E-state index in [0.717, 1.165) is 39.5 Å². The zero-order valence-corrected chi connectivity index (χ0v) is 35.1. The van der Waals surface area contributed by atoms with E-state index in [1.54, 1.807) is 19.1 Å². The minimum atomic E-state index is -1.03. The Morgan fingerprint density at radius 3 is 1.19 bits per heavy atom. The van der Waals surface area contributed by atoms with Crippen molar-refractivity contribution < 1.29 is 105 Å². The number of carbonyl (C=O) groups is 10. The Labute approximate surface area is 359 Å². The number of hydrogen-bond donors (Lipinski definition) is 0. The first-order chi connectivity index (χ1) is 29.9. The predicted octanol–water partition coefficient (Wildman–Crippen LogP) is 1.03. The van der Waals surface area contributed by atoms with E-state index in [1.807, 2.05) is 0 Å². The molecule has 0 aliphatic carbocycles. The topological polar surface area (TPSA) is 288 Å².